The Balaban J connectivity index is 1.62. The summed E-state index contributed by atoms with van der Waals surface area (Å²) in [5.74, 6) is 2.52. The molecule has 1 aliphatic heterocycles. The predicted molar refractivity (Wildman–Crippen MR) is 115 cm³/mol. The molecule has 3 aromatic carbocycles. The first-order valence-electron chi connectivity index (χ1n) is 9.61. The summed E-state index contributed by atoms with van der Waals surface area (Å²) in [4.78, 5) is 11.3. The smallest absolute Gasteiger partial charge is 0.144 e. The number of nitrogens with zero attached hydrogens (tertiary/aromatic N) is 3. The van der Waals surface area contributed by atoms with Gasteiger partial charge in [-0.3, -0.25) is 0 Å². The Kier molecular flexibility index (Phi) is 4.28. The highest BCUT2D eigenvalue weighted by Crippen LogP contribution is 2.41. The summed E-state index contributed by atoms with van der Waals surface area (Å²) in [6, 6.07) is 20.6. The lowest BCUT2D eigenvalue weighted by Crippen LogP contribution is -2.15. The minimum absolute atomic E-state index is 0.779. The van der Waals surface area contributed by atoms with Crippen LogP contribution in [0.1, 0.15) is 5.56 Å². The second-order valence-corrected chi connectivity index (χ2v) is 7.03. The van der Waals surface area contributed by atoms with E-state index in [4.69, 9.17) is 9.47 Å². The molecule has 5 heteroatoms. The van der Waals surface area contributed by atoms with E-state index in [9.17, 15) is 0 Å². The van der Waals surface area contributed by atoms with Crippen LogP contribution in [0.3, 0.4) is 0 Å². The molecule has 5 rings (SSSR count). The van der Waals surface area contributed by atoms with Gasteiger partial charge in [0.15, 0.2) is 0 Å². The third kappa shape index (κ3) is 2.95. The van der Waals surface area contributed by atoms with E-state index in [0.717, 1.165) is 52.3 Å². The van der Waals surface area contributed by atoms with Crippen LogP contribution in [0.25, 0.3) is 22.0 Å². The number of aromatic nitrogens is 2. The lowest BCUT2D eigenvalue weighted by molar-refractivity contribution is 0.395. The third-order valence-corrected chi connectivity index (χ3v) is 5.48. The summed E-state index contributed by atoms with van der Waals surface area (Å²) in [7, 11) is 3.35. The van der Waals surface area contributed by atoms with Crippen LogP contribution in [0.2, 0.25) is 0 Å². The van der Waals surface area contributed by atoms with Gasteiger partial charge in [0.25, 0.3) is 0 Å². The van der Waals surface area contributed by atoms with Crippen LogP contribution in [-0.4, -0.2) is 30.7 Å². The summed E-state index contributed by atoms with van der Waals surface area (Å²) in [5, 5.41) is 1.07. The van der Waals surface area contributed by atoms with Crippen molar-refractivity contribution in [3.05, 3.63) is 72.6 Å². The number of para-hydroxylation sites is 1. The van der Waals surface area contributed by atoms with Crippen molar-refractivity contribution in [2.24, 2.45) is 0 Å². The van der Waals surface area contributed by atoms with Gasteiger partial charge in [-0.15, -0.1) is 0 Å². The minimum Gasteiger partial charge on any atom is -0.497 e. The molecule has 29 heavy (non-hydrogen) atoms. The Labute approximate surface area is 169 Å². The minimum atomic E-state index is 0.779. The molecule has 1 aliphatic rings. The van der Waals surface area contributed by atoms with Crippen molar-refractivity contribution in [2.45, 2.75) is 6.42 Å². The molecule has 0 atom stereocenters. The summed E-state index contributed by atoms with van der Waals surface area (Å²) in [5.41, 5.74) is 5.61. The van der Waals surface area contributed by atoms with Gasteiger partial charge >= 0.3 is 0 Å². The van der Waals surface area contributed by atoms with Gasteiger partial charge in [0.2, 0.25) is 0 Å². The lowest BCUT2D eigenvalue weighted by atomic mass is 10.0. The molecule has 5 nitrogen and oxygen atoms in total. The molecule has 1 aromatic heterocycles. The van der Waals surface area contributed by atoms with Crippen molar-refractivity contribution in [2.75, 3.05) is 25.7 Å². The number of hydrogen-bond acceptors (Lipinski definition) is 5. The van der Waals surface area contributed by atoms with Gasteiger partial charge in [-0.2, -0.15) is 0 Å². The molecule has 0 bridgehead atoms. The molecule has 0 spiro atoms. The van der Waals surface area contributed by atoms with Gasteiger partial charge < -0.3 is 14.4 Å². The fourth-order valence-corrected chi connectivity index (χ4v) is 4.01. The molecular weight excluding hydrogens is 362 g/mol. The van der Waals surface area contributed by atoms with Crippen molar-refractivity contribution < 1.29 is 9.47 Å². The zero-order chi connectivity index (χ0) is 19.8. The quantitative estimate of drug-likeness (QED) is 0.496. The van der Waals surface area contributed by atoms with Crippen LogP contribution in [0, 0.1) is 0 Å². The fourth-order valence-electron chi connectivity index (χ4n) is 4.01. The number of anilines is 2. The van der Waals surface area contributed by atoms with Crippen molar-refractivity contribution in [1.82, 2.24) is 9.97 Å². The van der Waals surface area contributed by atoms with Crippen LogP contribution in [0.5, 0.6) is 11.5 Å². The maximum Gasteiger partial charge on any atom is 0.144 e. The Bertz CT molecular complexity index is 1200. The number of rotatable bonds is 4. The van der Waals surface area contributed by atoms with Crippen molar-refractivity contribution in [1.29, 1.82) is 0 Å². The highest BCUT2D eigenvalue weighted by atomic mass is 16.5. The monoisotopic (exact) mass is 383 g/mol. The Morgan fingerprint density at radius 3 is 2.66 bits per heavy atom. The van der Waals surface area contributed by atoms with Gasteiger partial charge in [-0.25, -0.2) is 9.97 Å². The van der Waals surface area contributed by atoms with Gasteiger partial charge in [0.1, 0.15) is 23.6 Å². The van der Waals surface area contributed by atoms with Crippen LogP contribution < -0.4 is 14.4 Å². The van der Waals surface area contributed by atoms with E-state index in [1.54, 1.807) is 20.5 Å². The van der Waals surface area contributed by atoms with Gasteiger partial charge in [-0.05, 0) is 47.9 Å². The van der Waals surface area contributed by atoms with Crippen molar-refractivity contribution >= 4 is 22.4 Å². The molecule has 0 fully saturated rings. The maximum absolute atomic E-state index is 5.62. The highest BCUT2D eigenvalue weighted by Gasteiger charge is 2.24. The van der Waals surface area contributed by atoms with E-state index in [2.05, 4.69) is 39.1 Å². The second-order valence-electron chi connectivity index (χ2n) is 7.03. The molecule has 0 amide bonds. The first-order chi connectivity index (χ1) is 14.3. The van der Waals surface area contributed by atoms with E-state index in [-0.39, 0.29) is 0 Å². The zero-order valence-electron chi connectivity index (χ0n) is 16.4. The second kappa shape index (κ2) is 7.09. The largest absolute Gasteiger partial charge is 0.497 e. The topological polar surface area (TPSA) is 47.5 Å². The van der Waals surface area contributed by atoms with Crippen LogP contribution in [0.4, 0.5) is 11.5 Å². The maximum atomic E-state index is 5.62. The molecule has 0 radical (unpaired) electrons. The molecule has 144 valence electrons. The number of fused-ring (bicyclic) bond motifs is 2. The Morgan fingerprint density at radius 1 is 0.897 bits per heavy atom. The van der Waals surface area contributed by atoms with Crippen molar-refractivity contribution in [3.63, 3.8) is 0 Å². The summed E-state index contributed by atoms with van der Waals surface area (Å²) in [6.07, 6.45) is 2.64. The van der Waals surface area contributed by atoms with E-state index >= 15 is 0 Å². The average Bonchev–Trinajstić information content (AvgIpc) is 3.21. The SMILES string of the molecule is COc1ccc(-c2ccc3c(c2)N(c2ncnc4ccccc24)CC3)c(OC)c1. The van der Waals surface area contributed by atoms with E-state index in [1.807, 2.05) is 36.4 Å². The number of methoxy groups -OCH3 is 2. The summed E-state index contributed by atoms with van der Waals surface area (Å²) in [6.45, 7) is 0.902. The zero-order valence-corrected chi connectivity index (χ0v) is 16.4. The molecule has 0 unspecified atom stereocenters. The number of hydrogen-bond donors (Lipinski definition) is 0. The van der Waals surface area contributed by atoms with Crippen LogP contribution in [0.15, 0.2) is 67.0 Å². The normalized spacial score (nSPS) is 12.8. The molecule has 0 saturated heterocycles. The first-order valence-corrected chi connectivity index (χ1v) is 9.61. The van der Waals surface area contributed by atoms with Crippen LogP contribution in [-0.2, 0) is 6.42 Å². The molecule has 4 aromatic rings. The first kappa shape index (κ1) is 17.5. The summed E-state index contributed by atoms with van der Waals surface area (Å²) < 4.78 is 11.0. The molecular formula is C24H21N3O2. The van der Waals surface area contributed by atoms with E-state index in [1.165, 1.54) is 11.3 Å². The Hall–Kier alpha value is -3.60. The molecule has 2 heterocycles. The van der Waals surface area contributed by atoms with Gasteiger partial charge in [-0.1, -0.05) is 24.3 Å². The highest BCUT2D eigenvalue weighted by molar-refractivity contribution is 5.92. The standard InChI is InChI=1S/C24H21N3O2/c1-28-18-9-10-19(23(14-18)29-2)17-8-7-16-11-12-27(22(16)13-17)24-20-5-3-4-6-21(20)25-15-26-24/h3-10,13-15H,11-12H2,1-2H3. The Morgan fingerprint density at radius 2 is 1.79 bits per heavy atom. The third-order valence-electron chi connectivity index (χ3n) is 5.48. The summed E-state index contributed by atoms with van der Waals surface area (Å²) >= 11 is 0. The average molecular weight is 383 g/mol. The van der Waals surface area contributed by atoms with E-state index < -0.39 is 0 Å². The molecule has 0 aliphatic carbocycles. The number of ether oxygens (including phenoxy) is 2. The number of benzene rings is 3. The fraction of sp³-hybridized carbons (Fsp3) is 0.167. The van der Waals surface area contributed by atoms with Gasteiger partial charge in [0, 0.05) is 29.2 Å². The predicted octanol–water partition coefficient (Wildman–Crippen LogP) is 5.01. The van der Waals surface area contributed by atoms with E-state index in [0.29, 0.717) is 0 Å². The van der Waals surface area contributed by atoms with Crippen LogP contribution >= 0.6 is 0 Å². The molecule has 0 saturated carbocycles. The van der Waals surface area contributed by atoms with Gasteiger partial charge in [0.05, 0.1) is 19.7 Å². The molecule has 0 N–H and O–H groups in total. The lowest BCUT2D eigenvalue weighted by Gasteiger charge is -2.21. The van der Waals surface area contributed by atoms with Crippen molar-refractivity contribution in [3.8, 4) is 22.6 Å².